The molecule has 0 aliphatic carbocycles. The molecule has 0 unspecified atom stereocenters. The average molecular weight is 150 g/mol. The van der Waals surface area contributed by atoms with Crippen molar-refractivity contribution in [2.75, 3.05) is 0 Å². The molecule has 1 rings (SSSR count). The van der Waals surface area contributed by atoms with Gasteiger partial charge in [-0.3, -0.25) is 4.98 Å². The first-order valence-electron chi connectivity index (χ1n) is 3.94. The van der Waals surface area contributed by atoms with Crippen molar-refractivity contribution in [3.63, 3.8) is 0 Å². The minimum absolute atomic E-state index is 0.0911. The normalized spacial score (nSPS) is 13.0. The van der Waals surface area contributed by atoms with Crippen LogP contribution in [-0.2, 0) is 6.42 Å². The lowest BCUT2D eigenvalue weighted by atomic mass is 10.1. The molecule has 1 atom stereocenters. The standard InChI is InChI=1S/C9H14N2/c1-3-9-5-4-8(6-11-9)7(2)10/h4-7H,3,10H2,1-2H3/t7-/m1/s1. The zero-order valence-corrected chi connectivity index (χ0v) is 7.04. The summed E-state index contributed by atoms with van der Waals surface area (Å²) in [6.07, 6.45) is 2.84. The molecule has 0 radical (unpaired) electrons. The van der Waals surface area contributed by atoms with Crippen molar-refractivity contribution in [1.29, 1.82) is 0 Å². The van der Waals surface area contributed by atoms with E-state index >= 15 is 0 Å². The lowest BCUT2D eigenvalue weighted by Gasteiger charge is -2.04. The number of nitrogens with zero attached hydrogens (tertiary/aromatic N) is 1. The molecule has 2 N–H and O–H groups in total. The second-order valence-electron chi connectivity index (χ2n) is 2.73. The Balaban J connectivity index is 2.83. The van der Waals surface area contributed by atoms with E-state index in [1.54, 1.807) is 0 Å². The highest BCUT2D eigenvalue weighted by molar-refractivity contribution is 5.16. The molecule has 1 aromatic rings. The second-order valence-corrected chi connectivity index (χ2v) is 2.73. The largest absolute Gasteiger partial charge is 0.324 e. The summed E-state index contributed by atoms with van der Waals surface area (Å²) in [5.41, 5.74) is 7.88. The molecule has 0 fully saturated rings. The third kappa shape index (κ3) is 2.02. The molecular weight excluding hydrogens is 136 g/mol. The summed E-state index contributed by atoms with van der Waals surface area (Å²) >= 11 is 0. The zero-order chi connectivity index (χ0) is 8.27. The minimum Gasteiger partial charge on any atom is -0.324 e. The van der Waals surface area contributed by atoms with Crippen molar-refractivity contribution >= 4 is 0 Å². The van der Waals surface area contributed by atoms with Crippen molar-refractivity contribution in [3.8, 4) is 0 Å². The molecule has 0 aromatic carbocycles. The fourth-order valence-corrected chi connectivity index (χ4v) is 0.914. The molecule has 11 heavy (non-hydrogen) atoms. The summed E-state index contributed by atoms with van der Waals surface area (Å²) in [4.78, 5) is 4.24. The van der Waals surface area contributed by atoms with Crippen LogP contribution >= 0.6 is 0 Å². The Morgan fingerprint density at radius 3 is 2.64 bits per heavy atom. The van der Waals surface area contributed by atoms with E-state index in [0.29, 0.717) is 0 Å². The number of pyridine rings is 1. The molecular formula is C9H14N2. The van der Waals surface area contributed by atoms with Crippen molar-refractivity contribution in [3.05, 3.63) is 29.6 Å². The molecule has 1 aromatic heterocycles. The van der Waals surface area contributed by atoms with Gasteiger partial charge in [-0.15, -0.1) is 0 Å². The SMILES string of the molecule is CCc1ccc([C@@H](C)N)cn1. The van der Waals surface area contributed by atoms with Gasteiger partial charge in [0.25, 0.3) is 0 Å². The highest BCUT2D eigenvalue weighted by atomic mass is 14.7. The maximum atomic E-state index is 5.67. The van der Waals surface area contributed by atoms with Crippen LogP contribution in [0.3, 0.4) is 0 Å². The Hall–Kier alpha value is -0.890. The number of aryl methyl sites for hydroxylation is 1. The van der Waals surface area contributed by atoms with E-state index in [1.807, 2.05) is 25.3 Å². The van der Waals surface area contributed by atoms with Gasteiger partial charge in [0.2, 0.25) is 0 Å². The number of hydrogen-bond donors (Lipinski definition) is 1. The predicted octanol–water partition coefficient (Wildman–Crippen LogP) is 1.66. The van der Waals surface area contributed by atoms with Crippen molar-refractivity contribution < 1.29 is 0 Å². The van der Waals surface area contributed by atoms with Gasteiger partial charge in [0, 0.05) is 17.9 Å². The van der Waals surface area contributed by atoms with E-state index < -0.39 is 0 Å². The summed E-state index contributed by atoms with van der Waals surface area (Å²) in [6, 6.07) is 4.16. The monoisotopic (exact) mass is 150 g/mol. The van der Waals surface area contributed by atoms with Crippen LogP contribution in [-0.4, -0.2) is 4.98 Å². The van der Waals surface area contributed by atoms with Gasteiger partial charge in [-0.2, -0.15) is 0 Å². The summed E-state index contributed by atoms with van der Waals surface area (Å²) in [6.45, 7) is 4.05. The molecule has 0 bridgehead atoms. The Bertz CT molecular complexity index is 214. The fourth-order valence-electron chi connectivity index (χ4n) is 0.914. The summed E-state index contributed by atoms with van der Waals surface area (Å²) < 4.78 is 0. The van der Waals surface area contributed by atoms with Gasteiger partial charge in [0.15, 0.2) is 0 Å². The predicted molar refractivity (Wildman–Crippen MR) is 46.2 cm³/mol. The van der Waals surface area contributed by atoms with Gasteiger partial charge in [0.05, 0.1) is 0 Å². The van der Waals surface area contributed by atoms with E-state index in [2.05, 4.69) is 11.9 Å². The van der Waals surface area contributed by atoms with Crippen LogP contribution in [0.25, 0.3) is 0 Å². The van der Waals surface area contributed by atoms with E-state index in [1.165, 1.54) is 0 Å². The molecule has 1 heterocycles. The van der Waals surface area contributed by atoms with Gasteiger partial charge >= 0.3 is 0 Å². The van der Waals surface area contributed by atoms with Gasteiger partial charge in [-0.25, -0.2) is 0 Å². The number of aromatic nitrogens is 1. The molecule has 60 valence electrons. The first-order valence-corrected chi connectivity index (χ1v) is 3.94. The fraction of sp³-hybridized carbons (Fsp3) is 0.444. The molecule has 0 spiro atoms. The topological polar surface area (TPSA) is 38.9 Å². The van der Waals surface area contributed by atoms with Gasteiger partial charge in [-0.1, -0.05) is 13.0 Å². The maximum Gasteiger partial charge on any atom is 0.0401 e. The van der Waals surface area contributed by atoms with Crippen molar-refractivity contribution in [1.82, 2.24) is 4.98 Å². The average Bonchev–Trinajstić information content (AvgIpc) is 2.05. The molecule has 2 nitrogen and oxygen atoms in total. The molecule has 0 saturated carbocycles. The van der Waals surface area contributed by atoms with Gasteiger partial charge in [-0.05, 0) is 25.0 Å². The molecule has 0 aliphatic rings. The summed E-state index contributed by atoms with van der Waals surface area (Å²) in [5.74, 6) is 0. The number of hydrogen-bond acceptors (Lipinski definition) is 2. The molecule has 0 saturated heterocycles. The van der Waals surface area contributed by atoms with Crippen molar-refractivity contribution in [2.45, 2.75) is 26.3 Å². The van der Waals surface area contributed by atoms with E-state index in [-0.39, 0.29) is 6.04 Å². The smallest absolute Gasteiger partial charge is 0.0401 e. The minimum atomic E-state index is 0.0911. The number of nitrogens with two attached hydrogens (primary N) is 1. The van der Waals surface area contributed by atoms with Crippen LogP contribution in [0.1, 0.15) is 31.1 Å². The Kier molecular flexibility index (Phi) is 2.60. The van der Waals surface area contributed by atoms with Crippen LogP contribution in [0.4, 0.5) is 0 Å². The van der Waals surface area contributed by atoms with Crippen LogP contribution in [0, 0.1) is 0 Å². The highest BCUT2D eigenvalue weighted by Crippen LogP contribution is 2.07. The van der Waals surface area contributed by atoms with Gasteiger partial charge in [0.1, 0.15) is 0 Å². The summed E-state index contributed by atoms with van der Waals surface area (Å²) in [5, 5.41) is 0. The molecule has 0 amide bonds. The van der Waals surface area contributed by atoms with Crippen LogP contribution in [0.5, 0.6) is 0 Å². The van der Waals surface area contributed by atoms with Crippen molar-refractivity contribution in [2.24, 2.45) is 5.73 Å². The third-order valence-corrected chi connectivity index (χ3v) is 1.74. The lowest BCUT2D eigenvalue weighted by Crippen LogP contribution is -2.05. The third-order valence-electron chi connectivity index (χ3n) is 1.74. The Morgan fingerprint density at radius 2 is 2.27 bits per heavy atom. The first kappa shape index (κ1) is 8.21. The lowest BCUT2D eigenvalue weighted by molar-refractivity contribution is 0.807. The van der Waals surface area contributed by atoms with E-state index in [0.717, 1.165) is 17.7 Å². The number of rotatable bonds is 2. The summed E-state index contributed by atoms with van der Waals surface area (Å²) in [7, 11) is 0. The Labute approximate surface area is 67.5 Å². The highest BCUT2D eigenvalue weighted by Gasteiger charge is 1.98. The van der Waals surface area contributed by atoms with Gasteiger partial charge < -0.3 is 5.73 Å². The Morgan fingerprint density at radius 1 is 1.55 bits per heavy atom. The molecule has 2 heteroatoms. The van der Waals surface area contributed by atoms with E-state index in [9.17, 15) is 0 Å². The van der Waals surface area contributed by atoms with Crippen LogP contribution in [0.2, 0.25) is 0 Å². The zero-order valence-electron chi connectivity index (χ0n) is 7.04. The maximum absolute atomic E-state index is 5.67. The van der Waals surface area contributed by atoms with Crippen LogP contribution < -0.4 is 5.73 Å². The second kappa shape index (κ2) is 3.49. The molecule has 0 aliphatic heterocycles. The van der Waals surface area contributed by atoms with Crippen LogP contribution in [0.15, 0.2) is 18.3 Å². The quantitative estimate of drug-likeness (QED) is 0.696. The van der Waals surface area contributed by atoms with E-state index in [4.69, 9.17) is 5.73 Å². The first-order chi connectivity index (χ1) is 5.24.